The quantitative estimate of drug-likeness (QED) is 0.189. The summed E-state index contributed by atoms with van der Waals surface area (Å²) in [4.78, 5) is 17.5. The lowest BCUT2D eigenvalue weighted by molar-refractivity contribution is 0.0937. The molecule has 6 aromatic carbocycles. The Labute approximate surface area is 292 Å². The van der Waals surface area contributed by atoms with Gasteiger partial charge in [-0.2, -0.15) is 0 Å². The standard InChI is InChI=1S/C45H29F2N3O/c46-30-22-18-28(19-23-30)39(29-20-24-31(47)25-21-29)42-40(33-13-5-8-16-37(33)48-42)41-34-14-6-9-17-38(34)50-43(41)35(27-10-2-1-3-11-27)26-45(50)36-15-7-4-12-32(36)44(51)49-45/h1-26,39,48H,(H,49,51). The van der Waals surface area contributed by atoms with Gasteiger partial charge in [-0.3, -0.25) is 4.79 Å². The molecule has 6 heteroatoms. The van der Waals surface area contributed by atoms with Gasteiger partial charge < -0.3 is 14.9 Å². The monoisotopic (exact) mass is 665 g/mol. The summed E-state index contributed by atoms with van der Waals surface area (Å²) in [6, 6.07) is 47.8. The molecule has 1 atom stereocenters. The summed E-state index contributed by atoms with van der Waals surface area (Å²) in [5.74, 6) is -1.17. The number of halogens is 2. The number of fused-ring (bicyclic) bond motifs is 7. The van der Waals surface area contributed by atoms with E-state index in [9.17, 15) is 13.6 Å². The van der Waals surface area contributed by atoms with Gasteiger partial charge in [0.2, 0.25) is 0 Å². The van der Waals surface area contributed by atoms with Crippen molar-refractivity contribution in [2.24, 2.45) is 0 Å². The number of nitrogens with one attached hydrogen (secondary N) is 2. The van der Waals surface area contributed by atoms with Crippen LogP contribution in [0.3, 0.4) is 0 Å². The minimum atomic E-state index is -0.967. The molecule has 2 aliphatic rings. The molecule has 4 heterocycles. The fraction of sp³-hybridized carbons (Fsp3) is 0.0444. The molecule has 1 unspecified atom stereocenters. The lowest BCUT2D eigenvalue weighted by atomic mass is 9.83. The Morgan fingerprint density at radius 1 is 0.608 bits per heavy atom. The van der Waals surface area contributed by atoms with E-state index in [1.807, 2.05) is 66.7 Å². The van der Waals surface area contributed by atoms with Crippen molar-refractivity contribution >= 4 is 33.3 Å². The van der Waals surface area contributed by atoms with Gasteiger partial charge in [-0.25, -0.2) is 8.78 Å². The molecule has 1 spiro atoms. The number of rotatable bonds is 5. The molecule has 51 heavy (non-hydrogen) atoms. The first-order valence-corrected chi connectivity index (χ1v) is 17.0. The van der Waals surface area contributed by atoms with Gasteiger partial charge in [-0.05, 0) is 65.2 Å². The molecule has 4 nitrogen and oxygen atoms in total. The van der Waals surface area contributed by atoms with Crippen molar-refractivity contribution in [3.05, 3.63) is 209 Å². The lowest BCUT2D eigenvalue weighted by Crippen LogP contribution is -2.42. The van der Waals surface area contributed by atoms with E-state index in [2.05, 4.69) is 57.3 Å². The van der Waals surface area contributed by atoms with Crippen molar-refractivity contribution in [3.8, 4) is 11.1 Å². The van der Waals surface area contributed by atoms with E-state index in [0.29, 0.717) is 5.56 Å². The van der Waals surface area contributed by atoms with E-state index in [0.717, 1.165) is 72.1 Å². The molecule has 0 radical (unpaired) electrons. The topological polar surface area (TPSA) is 49.8 Å². The van der Waals surface area contributed by atoms with Crippen LogP contribution in [-0.2, 0) is 5.66 Å². The van der Waals surface area contributed by atoms with E-state index in [1.54, 1.807) is 24.3 Å². The molecule has 0 aliphatic carbocycles. The van der Waals surface area contributed by atoms with Gasteiger partial charge in [-0.1, -0.05) is 109 Å². The number of hydrogen-bond acceptors (Lipinski definition) is 1. The Morgan fingerprint density at radius 2 is 1.22 bits per heavy atom. The summed E-state index contributed by atoms with van der Waals surface area (Å²) in [7, 11) is 0. The third-order valence-electron chi connectivity index (χ3n) is 10.5. The predicted octanol–water partition coefficient (Wildman–Crippen LogP) is 10.1. The average Bonchev–Trinajstić information content (AvgIpc) is 3.89. The number of aromatic nitrogens is 2. The van der Waals surface area contributed by atoms with Crippen molar-refractivity contribution in [1.82, 2.24) is 14.9 Å². The molecular weight excluding hydrogens is 637 g/mol. The highest BCUT2D eigenvalue weighted by Crippen LogP contribution is 2.54. The van der Waals surface area contributed by atoms with Crippen molar-refractivity contribution in [2.45, 2.75) is 11.6 Å². The van der Waals surface area contributed by atoms with Crippen LogP contribution < -0.4 is 5.32 Å². The largest absolute Gasteiger partial charge is 0.357 e. The number of carbonyl (C=O) groups is 1. The minimum Gasteiger partial charge on any atom is -0.357 e. The molecule has 2 aromatic heterocycles. The Hall–Kier alpha value is -6.53. The molecule has 0 saturated carbocycles. The summed E-state index contributed by atoms with van der Waals surface area (Å²) in [5.41, 5.74) is 10.1. The predicted molar refractivity (Wildman–Crippen MR) is 197 cm³/mol. The minimum absolute atomic E-state index is 0.123. The van der Waals surface area contributed by atoms with E-state index in [4.69, 9.17) is 0 Å². The maximum absolute atomic E-state index is 14.4. The third kappa shape index (κ3) is 4.26. The number of hydrogen-bond donors (Lipinski definition) is 2. The zero-order chi connectivity index (χ0) is 34.3. The van der Waals surface area contributed by atoms with Gasteiger partial charge in [0.05, 0.1) is 11.2 Å². The second-order valence-electron chi connectivity index (χ2n) is 13.3. The first-order valence-electron chi connectivity index (χ1n) is 17.0. The Morgan fingerprint density at radius 3 is 1.94 bits per heavy atom. The maximum Gasteiger partial charge on any atom is 0.254 e. The van der Waals surface area contributed by atoms with Crippen LogP contribution in [0.2, 0.25) is 0 Å². The van der Waals surface area contributed by atoms with E-state index >= 15 is 0 Å². The zero-order valence-corrected chi connectivity index (χ0v) is 27.2. The summed E-state index contributed by atoms with van der Waals surface area (Å²) in [6.45, 7) is 0. The van der Waals surface area contributed by atoms with Gasteiger partial charge in [0, 0.05) is 55.7 Å². The first-order chi connectivity index (χ1) is 25.0. The summed E-state index contributed by atoms with van der Waals surface area (Å²) < 4.78 is 31.1. The Kier molecular flexibility index (Phi) is 6.33. The number of aromatic amines is 1. The molecule has 10 rings (SSSR count). The molecule has 1 amide bonds. The smallest absolute Gasteiger partial charge is 0.254 e. The second-order valence-corrected chi connectivity index (χ2v) is 13.3. The molecule has 2 aliphatic heterocycles. The molecule has 0 bridgehead atoms. The number of H-pyrrole nitrogens is 1. The normalized spacial score (nSPS) is 16.2. The van der Waals surface area contributed by atoms with Crippen LogP contribution >= 0.6 is 0 Å². The van der Waals surface area contributed by atoms with Crippen LogP contribution in [0.5, 0.6) is 0 Å². The van der Waals surface area contributed by atoms with Gasteiger partial charge >= 0.3 is 0 Å². The van der Waals surface area contributed by atoms with Crippen molar-refractivity contribution in [3.63, 3.8) is 0 Å². The lowest BCUT2D eigenvalue weighted by Gasteiger charge is -2.27. The summed E-state index contributed by atoms with van der Waals surface area (Å²) in [5, 5.41) is 5.45. The van der Waals surface area contributed by atoms with Crippen LogP contribution in [-0.4, -0.2) is 15.5 Å². The van der Waals surface area contributed by atoms with Crippen molar-refractivity contribution in [2.75, 3.05) is 0 Å². The first kappa shape index (κ1) is 29.4. The van der Waals surface area contributed by atoms with Crippen molar-refractivity contribution in [1.29, 1.82) is 0 Å². The van der Waals surface area contributed by atoms with E-state index in [-0.39, 0.29) is 17.5 Å². The molecule has 8 aromatic rings. The number of amides is 1. The van der Waals surface area contributed by atoms with Gasteiger partial charge in [-0.15, -0.1) is 0 Å². The molecule has 2 N–H and O–H groups in total. The Balaban J connectivity index is 1.36. The highest BCUT2D eigenvalue weighted by atomic mass is 19.1. The van der Waals surface area contributed by atoms with Gasteiger partial charge in [0.1, 0.15) is 11.6 Å². The third-order valence-corrected chi connectivity index (χ3v) is 10.5. The van der Waals surface area contributed by atoms with E-state index in [1.165, 1.54) is 24.3 Å². The summed E-state index contributed by atoms with van der Waals surface area (Å²) >= 11 is 0. The molecule has 0 saturated heterocycles. The average molecular weight is 666 g/mol. The fourth-order valence-electron chi connectivity index (χ4n) is 8.39. The van der Waals surface area contributed by atoms with E-state index < -0.39 is 11.6 Å². The van der Waals surface area contributed by atoms with Gasteiger partial charge in [0.25, 0.3) is 5.91 Å². The zero-order valence-electron chi connectivity index (χ0n) is 27.2. The van der Waals surface area contributed by atoms with Gasteiger partial charge in [0.15, 0.2) is 5.66 Å². The number of para-hydroxylation sites is 2. The molecule has 244 valence electrons. The summed E-state index contributed by atoms with van der Waals surface area (Å²) in [6.07, 6.45) is 2.20. The number of nitrogens with zero attached hydrogens (tertiary/aromatic N) is 1. The highest BCUT2D eigenvalue weighted by Gasteiger charge is 2.50. The number of benzene rings is 6. The Bertz CT molecular complexity index is 2660. The van der Waals surface area contributed by atoms with Crippen LogP contribution in [0.1, 0.15) is 49.9 Å². The van der Waals surface area contributed by atoms with Crippen LogP contribution in [0.15, 0.2) is 158 Å². The maximum atomic E-state index is 14.4. The van der Waals surface area contributed by atoms with Crippen molar-refractivity contribution < 1.29 is 13.6 Å². The fourth-order valence-corrected chi connectivity index (χ4v) is 8.39. The SMILES string of the molecule is O=C1NC2(C=C(c3ccccc3)c3c(-c4c(C(c5ccc(F)cc5)c5ccc(F)cc5)[nH]c5ccccc45)c4ccccc4n32)c2ccccc21. The molecule has 0 fully saturated rings. The van der Waals surface area contributed by atoms with Crippen LogP contribution in [0.4, 0.5) is 8.78 Å². The van der Waals surface area contributed by atoms with Crippen LogP contribution in [0, 0.1) is 11.6 Å². The highest BCUT2D eigenvalue weighted by molar-refractivity contribution is 6.14. The second kappa shape index (κ2) is 11.0. The molecular formula is C45H29F2N3O. The van der Waals surface area contributed by atoms with Crippen LogP contribution in [0.25, 0.3) is 38.5 Å². The number of carbonyl (C=O) groups excluding carboxylic acids is 1.